The quantitative estimate of drug-likeness (QED) is 0.840. The van der Waals surface area contributed by atoms with E-state index < -0.39 is 5.60 Å². The lowest BCUT2D eigenvalue weighted by Gasteiger charge is -2.42. The summed E-state index contributed by atoms with van der Waals surface area (Å²) < 4.78 is 0. The van der Waals surface area contributed by atoms with Crippen molar-refractivity contribution in [2.75, 3.05) is 33.2 Å². The number of rotatable bonds is 5. The molecule has 2 fully saturated rings. The minimum atomic E-state index is -0.415. The molecule has 0 spiro atoms. The van der Waals surface area contributed by atoms with Crippen molar-refractivity contribution in [1.29, 1.82) is 0 Å². The van der Waals surface area contributed by atoms with E-state index in [1.54, 1.807) is 0 Å². The van der Waals surface area contributed by atoms with Crippen molar-refractivity contribution >= 4 is 0 Å². The van der Waals surface area contributed by atoms with Crippen molar-refractivity contribution in [3.05, 3.63) is 0 Å². The summed E-state index contributed by atoms with van der Waals surface area (Å²) in [6.45, 7) is 9.16. The minimum absolute atomic E-state index is 0.415. The summed E-state index contributed by atoms with van der Waals surface area (Å²) in [5.41, 5.74) is -0.415. The Labute approximate surface area is 125 Å². The summed E-state index contributed by atoms with van der Waals surface area (Å²) >= 11 is 0. The zero-order chi connectivity index (χ0) is 14.6. The molecule has 0 unspecified atom stereocenters. The maximum atomic E-state index is 10.8. The third-order valence-electron chi connectivity index (χ3n) is 5.47. The summed E-state index contributed by atoms with van der Waals surface area (Å²) in [6, 6.07) is 0.673. The van der Waals surface area contributed by atoms with Crippen LogP contribution in [0.15, 0.2) is 0 Å². The molecule has 1 N–H and O–H groups in total. The summed E-state index contributed by atoms with van der Waals surface area (Å²) in [6.07, 6.45) is 8.17. The van der Waals surface area contributed by atoms with Crippen LogP contribution in [0.5, 0.6) is 0 Å². The fraction of sp³-hybridized carbons (Fsp3) is 1.00. The summed E-state index contributed by atoms with van der Waals surface area (Å²) in [5.74, 6) is 0.804. The van der Waals surface area contributed by atoms with E-state index in [1.807, 2.05) is 0 Å². The molecule has 3 nitrogen and oxygen atoms in total. The van der Waals surface area contributed by atoms with Crippen molar-refractivity contribution in [2.45, 2.75) is 70.4 Å². The van der Waals surface area contributed by atoms with Crippen LogP contribution in [0.2, 0.25) is 0 Å². The van der Waals surface area contributed by atoms with Gasteiger partial charge in [0.25, 0.3) is 0 Å². The summed E-state index contributed by atoms with van der Waals surface area (Å²) in [4.78, 5) is 5.03. The molecule has 118 valence electrons. The number of hydrogen-bond acceptors (Lipinski definition) is 3. The number of aliphatic hydroxyl groups is 1. The van der Waals surface area contributed by atoms with Gasteiger partial charge in [0.1, 0.15) is 0 Å². The van der Waals surface area contributed by atoms with E-state index >= 15 is 0 Å². The highest BCUT2D eigenvalue weighted by molar-refractivity contribution is 4.89. The number of likely N-dealkylation sites (N-methyl/N-ethyl adjacent to an activating group) is 1. The Morgan fingerprint density at radius 3 is 2.30 bits per heavy atom. The second-order valence-corrected chi connectivity index (χ2v) is 7.39. The molecule has 0 amide bonds. The number of hydrogen-bond donors (Lipinski definition) is 1. The highest BCUT2D eigenvalue weighted by Gasteiger charge is 2.34. The van der Waals surface area contributed by atoms with E-state index in [2.05, 4.69) is 30.7 Å². The van der Waals surface area contributed by atoms with Gasteiger partial charge in [-0.15, -0.1) is 0 Å². The van der Waals surface area contributed by atoms with Crippen molar-refractivity contribution in [3.8, 4) is 0 Å². The van der Waals surface area contributed by atoms with Crippen LogP contribution >= 0.6 is 0 Å². The predicted octanol–water partition coefficient (Wildman–Crippen LogP) is 2.73. The first-order valence-corrected chi connectivity index (χ1v) is 8.67. The first-order chi connectivity index (χ1) is 9.52. The van der Waals surface area contributed by atoms with Crippen molar-refractivity contribution in [2.24, 2.45) is 5.92 Å². The van der Waals surface area contributed by atoms with Crippen molar-refractivity contribution in [1.82, 2.24) is 9.80 Å². The standard InChI is InChI=1S/C17H34N2O/c1-4-11-19-12-7-16(8-13-19)18(3)14-17(20)9-5-15(2)6-10-17/h15-16,20H,4-14H2,1-3H3. The molecular weight excluding hydrogens is 248 g/mol. The molecule has 1 aliphatic heterocycles. The third kappa shape index (κ3) is 4.44. The Morgan fingerprint density at radius 2 is 1.75 bits per heavy atom. The molecule has 2 rings (SSSR count). The summed E-state index contributed by atoms with van der Waals surface area (Å²) in [5, 5.41) is 10.8. The lowest BCUT2D eigenvalue weighted by Crippen LogP contribution is -2.50. The predicted molar refractivity (Wildman–Crippen MR) is 85.0 cm³/mol. The van der Waals surface area contributed by atoms with E-state index in [1.165, 1.54) is 51.7 Å². The average Bonchev–Trinajstić information content (AvgIpc) is 2.43. The molecule has 0 radical (unpaired) electrons. The Hall–Kier alpha value is -0.120. The maximum absolute atomic E-state index is 10.8. The lowest BCUT2D eigenvalue weighted by atomic mass is 9.79. The van der Waals surface area contributed by atoms with E-state index in [0.29, 0.717) is 6.04 Å². The van der Waals surface area contributed by atoms with E-state index in [9.17, 15) is 5.11 Å². The van der Waals surface area contributed by atoms with Gasteiger partial charge in [-0.25, -0.2) is 0 Å². The monoisotopic (exact) mass is 282 g/mol. The van der Waals surface area contributed by atoms with E-state index in [0.717, 1.165) is 25.3 Å². The van der Waals surface area contributed by atoms with Crippen LogP contribution in [0.1, 0.15) is 58.8 Å². The molecule has 0 aromatic heterocycles. The molecule has 1 saturated heterocycles. The molecule has 20 heavy (non-hydrogen) atoms. The zero-order valence-electron chi connectivity index (χ0n) is 13.8. The average molecular weight is 282 g/mol. The Kier molecular flexibility index (Phi) is 5.88. The molecule has 2 aliphatic rings. The number of nitrogens with zero attached hydrogens (tertiary/aromatic N) is 2. The topological polar surface area (TPSA) is 26.7 Å². The highest BCUT2D eigenvalue weighted by atomic mass is 16.3. The van der Waals surface area contributed by atoms with Crippen molar-refractivity contribution in [3.63, 3.8) is 0 Å². The first-order valence-electron chi connectivity index (χ1n) is 8.67. The van der Waals surface area contributed by atoms with Crippen LogP contribution in [0.4, 0.5) is 0 Å². The molecule has 0 aromatic carbocycles. The third-order valence-corrected chi connectivity index (χ3v) is 5.47. The number of piperidine rings is 1. The van der Waals surface area contributed by atoms with Gasteiger partial charge < -0.3 is 14.9 Å². The van der Waals surface area contributed by atoms with Crippen LogP contribution in [0.3, 0.4) is 0 Å². The molecular formula is C17H34N2O. The molecule has 0 aromatic rings. The van der Waals surface area contributed by atoms with Gasteiger partial charge in [0.2, 0.25) is 0 Å². The van der Waals surface area contributed by atoms with Crippen LogP contribution in [0.25, 0.3) is 0 Å². The van der Waals surface area contributed by atoms with Gasteiger partial charge >= 0.3 is 0 Å². The molecule has 3 heteroatoms. The van der Waals surface area contributed by atoms with Gasteiger partial charge in [-0.05, 0) is 77.5 Å². The Bertz CT molecular complexity index is 279. The smallest absolute Gasteiger partial charge is 0.0774 e. The van der Waals surface area contributed by atoms with Gasteiger partial charge in [-0.3, -0.25) is 0 Å². The Morgan fingerprint density at radius 1 is 1.15 bits per heavy atom. The second kappa shape index (κ2) is 7.24. The fourth-order valence-electron chi connectivity index (χ4n) is 3.95. The van der Waals surface area contributed by atoms with E-state index in [4.69, 9.17) is 0 Å². The van der Waals surface area contributed by atoms with Gasteiger partial charge in [0.05, 0.1) is 5.60 Å². The SMILES string of the molecule is CCCN1CCC(N(C)CC2(O)CCC(C)CC2)CC1. The van der Waals surface area contributed by atoms with Crippen molar-refractivity contribution < 1.29 is 5.11 Å². The van der Waals surface area contributed by atoms with Crippen LogP contribution in [-0.4, -0.2) is 59.8 Å². The maximum Gasteiger partial charge on any atom is 0.0774 e. The van der Waals surface area contributed by atoms with Crippen LogP contribution in [0, 0.1) is 5.92 Å². The number of likely N-dealkylation sites (tertiary alicyclic amines) is 1. The van der Waals surface area contributed by atoms with Gasteiger partial charge in [-0.1, -0.05) is 13.8 Å². The van der Waals surface area contributed by atoms with Gasteiger partial charge in [-0.2, -0.15) is 0 Å². The van der Waals surface area contributed by atoms with E-state index in [-0.39, 0.29) is 0 Å². The van der Waals surface area contributed by atoms with Crippen LogP contribution in [-0.2, 0) is 0 Å². The summed E-state index contributed by atoms with van der Waals surface area (Å²) in [7, 11) is 2.22. The highest BCUT2D eigenvalue weighted by Crippen LogP contribution is 2.33. The molecule has 0 bridgehead atoms. The molecule has 0 atom stereocenters. The lowest BCUT2D eigenvalue weighted by molar-refractivity contribution is -0.0427. The molecule has 1 saturated carbocycles. The zero-order valence-corrected chi connectivity index (χ0v) is 13.8. The normalized spacial score (nSPS) is 33.8. The largest absolute Gasteiger partial charge is 0.389 e. The fourth-order valence-corrected chi connectivity index (χ4v) is 3.95. The molecule has 1 aliphatic carbocycles. The van der Waals surface area contributed by atoms with Gasteiger partial charge in [0.15, 0.2) is 0 Å². The second-order valence-electron chi connectivity index (χ2n) is 7.39. The Balaban J connectivity index is 1.76. The molecule has 1 heterocycles. The first kappa shape index (κ1) is 16.3. The minimum Gasteiger partial charge on any atom is -0.389 e. The van der Waals surface area contributed by atoms with Crippen LogP contribution < -0.4 is 0 Å². The van der Waals surface area contributed by atoms with Gasteiger partial charge in [0, 0.05) is 12.6 Å².